The van der Waals surface area contributed by atoms with Gasteiger partial charge in [0.25, 0.3) is 0 Å². The third-order valence-corrected chi connectivity index (χ3v) is 15.4. The first-order valence-electron chi connectivity index (χ1n) is 33.3. The molecule has 0 spiro atoms. The smallest absolute Gasteiger partial charge is 0.220 e. The van der Waals surface area contributed by atoms with E-state index in [0.29, 0.717) is 6.42 Å². The van der Waals surface area contributed by atoms with E-state index in [2.05, 4.69) is 92.1 Å². The Morgan fingerprint density at radius 2 is 0.797 bits per heavy atom. The monoisotopic (exact) mass is 1110 g/mol. The van der Waals surface area contributed by atoms with Gasteiger partial charge in [0, 0.05) is 6.42 Å². The van der Waals surface area contributed by atoms with Crippen LogP contribution in [0.3, 0.4) is 0 Å². The Kier molecular flexibility index (Phi) is 55.1. The van der Waals surface area contributed by atoms with E-state index in [1.54, 1.807) is 6.08 Å². The summed E-state index contributed by atoms with van der Waals surface area (Å²) in [5, 5.41) is 54.6. The highest BCUT2D eigenvalue weighted by Gasteiger charge is 2.44. The second-order valence-electron chi connectivity index (χ2n) is 22.9. The molecule has 1 aliphatic rings. The number of carbonyl (C=O) groups is 1. The molecule has 7 unspecified atom stereocenters. The summed E-state index contributed by atoms with van der Waals surface area (Å²) in [5.41, 5.74) is 0. The van der Waals surface area contributed by atoms with E-state index in [1.807, 2.05) is 6.08 Å². The molecule has 0 saturated carbocycles. The maximum atomic E-state index is 13.1. The Bertz CT molecular complexity index is 1520. The number of rotatable bonds is 57. The van der Waals surface area contributed by atoms with Crippen LogP contribution < -0.4 is 5.32 Å². The lowest BCUT2D eigenvalue weighted by atomic mass is 9.99. The lowest BCUT2D eigenvalue weighted by Gasteiger charge is -2.40. The lowest BCUT2D eigenvalue weighted by molar-refractivity contribution is -0.302. The minimum Gasteiger partial charge on any atom is -0.394 e. The number of aliphatic hydroxyl groups is 5. The number of hydrogen-bond donors (Lipinski definition) is 6. The molecule has 458 valence electrons. The molecule has 1 saturated heterocycles. The molecule has 1 rings (SSSR count). The van der Waals surface area contributed by atoms with Gasteiger partial charge in [0.15, 0.2) is 6.29 Å². The van der Waals surface area contributed by atoms with Crippen molar-refractivity contribution in [1.29, 1.82) is 0 Å². The van der Waals surface area contributed by atoms with Crippen molar-refractivity contribution in [3.63, 3.8) is 0 Å². The van der Waals surface area contributed by atoms with Crippen LogP contribution in [0.4, 0.5) is 0 Å². The van der Waals surface area contributed by atoms with Gasteiger partial charge in [-0.15, -0.1) is 0 Å². The van der Waals surface area contributed by atoms with Crippen LogP contribution in [0.15, 0.2) is 85.1 Å². The van der Waals surface area contributed by atoms with Crippen LogP contribution in [0.1, 0.15) is 296 Å². The van der Waals surface area contributed by atoms with Gasteiger partial charge < -0.3 is 40.3 Å². The molecule has 9 nitrogen and oxygen atoms in total. The van der Waals surface area contributed by atoms with Crippen LogP contribution in [0.25, 0.3) is 0 Å². The number of aliphatic hydroxyl groups excluding tert-OH is 5. The standard InChI is InChI=1S/C70H125NO8/c1-3-5-7-9-11-13-15-17-19-21-23-24-25-26-27-28-29-30-31-32-33-34-35-36-37-38-39-40-42-44-46-48-50-52-54-56-58-60-66(74)71-63(62-78-70-69(77)68(76)67(75)65(61-72)79-70)64(73)59-57-55-53-51-49-47-45-43-41-22-20-18-16-14-12-10-8-6-4-2/h5,7,11,13,17,19,23-24,41,43,49,51,57,59,63-65,67-70,72-73,75-77H,3-4,6,8-10,12,14-16,18,20-22,25-40,42,44-48,50,52-56,58,60-62H2,1-2H3,(H,71,74)/b7-5-,13-11-,19-17-,24-23-,43-41+,51-49+,59-57+. The van der Waals surface area contributed by atoms with Gasteiger partial charge in [-0.25, -0.2) is 0 Å². The van der Waals surface area contributed by atoms with Gasteiger partial charge in [-0.2, -0.15) is 0 Å². The molecular formula is C70H125NO8. The maximum Gasteiger partial charge on any atom is 0.220 e. The molecule has 0 aromatic heterocycles. The van der Waals surface area contributed by atoms with Crippen molar-refractivity contribution in [3.8, 4) is 0 Å². The molecule has 0 aromatic carbocycles. The third-order valence-electron chi connectivity index (χ3n) is 15.4. The average Bonchev–Trinajstić information content (AvgIpc) is 3.46. The number of nitrogens with one attached hydrogen (secondary N) is 1. The van der Waals surface area contributed by atoms with Crippen LogP contribution in [0, 0.1) is 0 Å². The van der Waals surface area contributed by atoms with Crippen molar-refractivity contribution in [3.05, 3.63) is 85.1 Å². The summed E-state index contributed by atoms with van der Waals surface area (Å²) in [5.74, 6) is -0.188. The Labute approximate surface area is 486 Å². The Morgan fingerprint density at radius 1 is 0.443 bits per heavy atom. The van der Waals surface area contributed by atoms with Crippen LogP contribution in [0.2, 0.25) is 0 Å². The molecule has 1 aliphatic heterocycles. The number of carbonyl (C=O) groups excluding carboxylic acids is 1. The van der Waals surface area contributed by atoms with Gasteiger partial charge in [0.1, 0.15) is 24.4 Å². The minimum atomic E-state index is -1.58. The third kappa shape index (κ3) is 47.6. The van der Waals surface area contributed by atoms with Gasteiger partial charge in [-0.1, -0.05) is 292 Å². The van der Waals surface area contributed by atoms with Crippen molar-refractivity contribution in [2.75, 3.05) is 13.2 Å². The Hall–Kier alpha value is -2.63. The minimum absolute atomic E-state index is 0.188. The van der Waals surface area contributed by atoms with Crippen molar-refractivity contribution in [1.82, 2.24) is 5.32 Å². The van der Waals surface area contributed by atoms with Gasteiger partial charge in [-0.3, -0.25) is 4.79 Å². The van der Waals surface area contributed by atoms with Crippen molar-refractivity contribution >= 4 is 5.91 Å². The maximum absolute atomic E-state index is 13.1. The molecule has 1 amide bonds. The summed E-state index contributed by atoms with van der Waals surface area (Å²) in [4.78, 5) is 13.1. The van der Waals surface area contributed by atoms with Crippen molar-refractivity contribution in [2.24, 2.45) is 0 Å². The van der Waals surface area contributed by atoms with E-state index < -0.39 is 49.5 Å². The topological polar surface area (TPSA) is 149 Å². The number of ether oxygens (including phenoxy) is 2. The zero-order valence-electron chi connectivity index (χ0n) is 51.1. The Balaban J connectivity index is 2.11. The van der Waals surface area contributed by atoms with E-state index in [4.69, 9.17) is 9.47 Å². The van der Waals surface area contributed by atoms with Crippen LogP contribution in [-0.2, 0) is 14.3 Å². The van der Waals surface area contributed by atoms with E-state index in [0.717, 1.165) is 70.6 Å². The number of amides is 1. The number of unbranched alkanes of at least 4 members (excludes halogenated alkanes) is 35. The van der Waals surface area contributed by atoms with Crippen molar-refractivity contribution in [2.45, 2.75) is 339 Å². The molecule has 1 heterocycles. The van der Waals surface area contributed by atoms with E-state index in [-0.39, 0.29) is 12.5 Å². The summed E-state index contributed by atoms with van der Waals surface area (Å²) in [7, 11) is 0. The molecule has 1 fully saturated rings. The molecule has 0 aliphatic carbocycles. The molecule has 0 radical (unpaired) electrons. The second-order valence-corrected chi connectivity index (χ2v) is 22.9. The van der Waals surface area contributed by atoms with Crippen molar-refractivity contribution < 1.29 is 39.8 Å². The molecule has 0 aromatic rings. The first kappa shape index (κ1) is 74.4. The van der Waals surface area contributed by atoms with Gasteiger partial charge >= 0.3 is 0 Å². The quantitative estimate of drug-likeness (QED) is 0.0261. The van der Waals surface area contributed by atoms with Crippen LogP contribution in [-0.4, -0.2) is 87.5 Å². The summed E-state index contributed by atoms with van der Waals surface area (Å²) >= 11 is 0. The van der Waals surface area contributed by atoms with Gasteiger partial charge in [0.2, 0.25) is 5.91 Å². The first-order chi connectivity index (χ1) is 38.8. The van der Waals surface area contributed by atoms with E-state index >= 15 is 0 Å². The summed E-state index contributed by atoms with van der Waals surface area (Å²) in [6, 6.07) is -0.830. The van der Waals surface area contributed by atoms with Gasteiger partial charge in [-0.05, 0) is 83.5 Å². The molecular weight excluding hydrogens is 983 g/mol. The lowest BCUT2D eigenvalue weighted by Crippen LogP contribution is -2.60. The SMILES string of the molecule is CC/C=C\C/C=C\C/C=C\C/C=C\CCCCCCCCCCCCCCCCCCCCCCCCCCC(=O)NC(COC1OC(CO)C(O)C(O)C1O)C(O)/C=C/CC/C=C/CC/C=C/CCCCCCCCCCC. The van der Waals surface area contributed by atoms with E-state index in [9.17, 15) is 30.3 Å². The molecule has 9 heteroatoms. The zero-order chi connectivity index (χ0) is 57.2. The highest BCUT2D eigenvalue weighted by molar-refractivity contribution is 5.76. The Morgan fingerprint density at radius 3 is 1.22 bits per heavy atom. The molecule has 0 bridgehead atoms. The van der Waals surface area contributed by atoms with Crippen LogP contribution >= 0.6 is 0 Å². The molecule has 7 atom stereocenters. The number of hydrogen-bond acceptors (Lipinski definition) is 8. The molecule has 79 heavy (non-hydrogen) atoms. The first-order valence-corrected chi connectivity index (χ1v) is 33.3. The average molecular weight is 1110 g/mol. The summed E-state index contributed by atoms with van der Waals surface area (Å²) in [6.45, 7) is 3.66. The van der Waals surface area contributed by atoms with Crippen LogP contribution in [0.5, 0.6) is 0 Å². The van der Waals surface area contributed by atoms with Gasteiger partial charge in [0.05, 0.1) is 25.4 Å². The van der Waals surface area contributed by atoms with E-state index in [1.165, 1.54) is 205 Å². The highest BCUT2D eigenvalue weighted by Crippen LogP contribution is 2.23. The highest BCUT2D eigenvalue weighted by atomic mass is 16.7. The fraction of sp³-hybridized carbons (Fsp3) is 0.786. The molecule has 6 N–H and O–H groups in total. The normalized spacial score (nSPS) is 19.1. The predicted molar refractivity (Wildman–Crippen MR) is 336 cm³/mol. The number of allylic oxidation sites excluding steroid dienone is 13. The zero-order valence-corrected chi connectivity index (χ0v) is 51.1. The summed E-state index contributed by atoms with van der Waals surface area (Å²) < 4.78 is 11.3. The largest absolute Gasteiger partial charge is 0.394 e. The summed E-state index contributed by atoms with van der Waals surface area (Å²) in [6.07, 6.45) is 76.9. The fourth-order valence-corrected chi connectivity index (χ4v) is 10.2. The fourth-order valence-electron chi connectivity index (χ4n) is 10.2. The second kappa shape index (κ2) is 58.6. The predicted octanol–water partition coefficient (Wildman–Crippen LogP) is 17.7.